The molecule has 1 saturated carbocycles. The van der Waals surface area contributed by atoms with Crippen molar-refractivity contribution in [3.63, 3.8) is 0 Å². The van der Waals surface area contributed by atoms with Crippen LogP contribution in [0.2, 0.25) is 0 Å². The van der Waals surface area contributed by atoms with E-state index >= 15 is 0 Å². The quantitative estimate of drug-likeness (QED) is 0.576. The minimum atomic E-state index is -0.892. The minimum absolute atomic E-state index is 0.0341. The van der Waals surface area contributed by atoms with Crippen molar-refractivity contribution < 1.29 is 14.2 Å². The van der Waals surface area contributed by atoms with Gasteiger partial charge < -0.3 is 14.7 Å². The molecule has 1 aliphatic rings. The molecule has 0 saturated heterocycles. The van der Waals surface area contributed by atoms with Gasteiger partial charge in [-0.2, -0.15) is 9.97 Å². The number of ether oxygens (including phenoxy) is 1. The molecule has 0 amide bonds. The van der Waals surface area contributed by atoms with Crippen molar-refractivity contribution in [2.45, 2.75) is 51.7 Å². The van der Waals surface area contributed by atoms with Crippen LogP contribution in [0.25, 0.3) is 22.0 Å². The van der Waals surface area contributed by atoms with Gasteiger partial charge in [0.25, 0.3) is 0 Å². The SMILES string of the molecule is CC[C@@]1(C)CC[C@@H](F)[C@@H](N(C)c2nnc(-c3ccc(-c4ncnc(OC)n4)cc3O)s2)C1. The van der Waals surface area contributed by atoms with Crippen molar-refractivity contribution in [2.75, 3.05) is 19.1 Å². The molecule has 1 aromatic carbocycles. The molecule has 1 aliphatic carbocycles. The second kappa shape index (κ2) is 8.93. The molecule has 2 aromatic heterocycles. The number of benzene rings is 1. The van der Waals surface area contributed by atoms with E-state index in [2.05, 4.69) is 39.0 Å². The number of halogens is 1. The van der Waals surface area contributed by atoms with E-state index in [9.17, 15) is 9.50 Å². The van der Waals surface area contributed by atoms with Crippen LogP contribution in [0.3, 0.4) is 0 Å². The van der Waals surface area contributed by atoms with Crippen LogP contribution >= 0.6 is 11.3 Å². The fourth-order valence-corrected chi connectivity index (χ4v) is 4.99. The van der Waals surface area contributed by atoms with Crippen molar-refractivity contribution in [1.82, 2.24) is 25.1 Å². The lowest BCUT2D eigenvalue weighted by Gasteiger charge is -2.43. The van der Waals surface area contributed by atoms with Crippen LogP contribution in [0.1, 0.15) is 39.5 Å². The van der Waals surface area contributed by atoms with Crippen molar-refractivity contribution in [2.24, 2.45) is 5.41 Å². The van der Waals surface area contributed by atoms with Crippen LogP contribution in [0, 0.1) is 5.41 Å². The van der Waals surface area contributed by atoms with Gasteiger partial charge in [-0.15, -0.1) is 10.2 Å². The fraction of sp³-hybridized carbons (Fsp3) is 0.500. The lowest BCUT2D eigenvalue weighted by Crippen LogP contribution is -2.46. The highest BCUT2D eigenvalue weighted by atomic mass is 32.1. The van der Waals surface area contributed by atoms with E-state index in [0.29, 0.717) is 33.5 Å². The van der Waals surface area contributed by atoms with E-state index in [1.54, 1.807) is 18.2 Å². The van der Waals surface area contributed by atoms with Gasteiger partial charge in [0.2, 0.25) is 5.13 Å². The third-order valence-corrected chi connectivity index (χ3v) is 7.48. The second-order valence-corrected chi connectivity index (χ2v) is 9.47. The van der Waals surface area contributed by atoms with Gasteiger partial charge in [-0.3, -0.25) is 0 Å². The largest absolute Gasteiger partial charge is 0.507 e. The first-order valence-corrected chi connectivity index (χ1v) is 11.4. The Morgan fingerprint density at radius 2 is 2.12 bits per heavy atom. The number of phenolic OH excluding ortho intramolecular Hbond substituents is 1. The zero-order valence-corrected chi connectivity index (χ0v) is 19.4. The molecule has 0 radical (unpaired) electrons. The van der Waals surface area contributed by atoms with Gasteiger partial charge in [0.05, 0.1) is 18.7 Å². The monoisotopic (exact) mass is 458 g/mol. The van der Waals surface area contributed by atoms with Gasteiger partial charge in [-0.05, 0) is 36.8 Å². The van der Waals surface area contributed by atoms with Gasteiger partial charge in [0.15, 0.2) is 10.8 Å². The number of methoxy groups -OCH3 is 1. The van der Waals surface area contributed by atoms with E-state index in [4.69, 9.17) is 4.74 Å². The average molecular weight is 459 g/mol. The molecule has 4 rings (SSSR count). The molecule has 0 bridgehead atoms. The lowest BCUT2D eigenvalue weighted by atomic mass is 9.71. The summed E-state index contributed by atoms with van der Waals surface area (Å²) in [5.41, 5.74) is 1.31. The summed E-state index contributed by atoms with van der Waals surface area (Å²) in [6, 6.07) is 5.07. The number of phenols is 1. The molecule has 3 aromatic rings. The maximum atomic E-state index is 14.8. The van der Waals surface area contributed by atoms with E-state index < -0.39 is 6.17 Å². The summed E-state index contributed by atoms with van der Waals surface area (Å²) >= 11 is 1.34. The summed E-state index contributed by atoms with van der Waals surface area (Å²) in [6.45, 7) is 4.39. The van der Waals surface area contributed by atoms with E-state index in [-0.39, 0.29) is 23.2 Å². The lowest BCUT2D eigenvalue weighted by molar-refractivity contribution is 0.107. The average Bonchev–Trinajstić information content (AvgIpc) is 3.30. The van der Waals surface area contributed by atoms with Gasteiger partial charge in [0, 0.05) is 12.6 Å². The Labute approximate surface area is 190 Å². The molecule has 0 unspecified atom stereocenters. The first-order valence-electron chi connectivity index (χ1n) is 10.6. The number of hydrogen-bond acceptors (Lipinski definition) is 9. The predicted molar refractivity (Wildman–Crippen MR) is 122 cm³/mol. The Hall–Kier alpha value is -2.88. The first-order chi connectivity index (χ1) is 15.3. The summed E-state index contributed by atoms with van der Waals surface area (Å²) < 4.78 is 19.8. The highest BCUT2D eigenvalue weighted by Gasteiger charge is 2.39. The molecule has 1 fully saturated rings. The van der Waals surface area contributed by atoms with Crippen LogP contribution in [0.5, 0.6) is 11.8 Å². The standard InChI is InChI=1S/C22H27FN6O2S/c1-5-22(2)9-8-15(23)16(11-22)29(3)21-28-27-19(32-21)14-7-6-13(10-17(14)30)18-24-12-25-20(26-18)31-4/h6-7,10,12,15-16,30H,5,8-9,11H2,1-4H3/t15-,16+,22+/m1/s1. The molecule has 8 nitrogen and oxygen atoms in total. The molecule has 0 aliphatic heterocycles. The van der Waals surface area contributed by atoms with Crippen LogP contribution in [0.15, 0.2) is 24.5 Å². The molecule has 3 atom stereocenters. The number of rotatable bonds is 6. The molecule has 170 valence electrons. The summed E-state index contributed by atoms with van der Waals surface area (Å²) in [7, 11) is 3.35. The molecule has 1 N–H and O–H groups in total. The second-order valence-electron chi connectivity index (χ2n) is 8.52. The number of aromatic hydroxyl groups is 1. The first kappa shape index (κ1) is 22.3. The number of alkyl halides is 1. The Morgan fingerprint density at radius 3 is 2.84 bits per heavy atom. The van der Waals surface area contributed by atoms with Crippen LogP contribution in [0.4, 0.5) is 9.52 Å². The van der Waals surface area contributed by atoms with Crippen molar-refractivity contribution in [1.29, 1.82) is 0 Å². The van der Waals surface area contributed by atoms with Crippen LogP contribution in [-0.2, 0) is 0 Å². The summed E-state index contributed by atoms with van der Waals surface area (Å²) in [5, 5.41) is 20.4. The number of hydrogen-bond donors (Lipinski definition) is 1. The fourth-order valence-electron chi connectivity index (χ4n) is 4.09. The smallest absolute Gasteiger partial charge is 0.319 e. The zero-order chi connectivity index (χ0) is 22.9. The number of aromatic nitrogens is 5. The van der Waals surface area contributed by atoms with Gasteiger partial charge in [-0.1, -0.05) is 37.7 Å². The molecule has 10 heteroatoms. The van der Waals surface area contributed by atoms with E-state index in [1.807, 2.05) is 11.9 Å². The van der Waals surface area contributed by atoms with Gasteiger partial charge in [-0.25, -0.2) is 9.37 Å². The molecule has 2 heterocycles. The Bertz CT molecular complexity index is 1100. The third-order valence-electron chi connectivity index (χ3n) is 6.43. The maximum absolute atomic E-state index is 14.8. The summed E-state index contributed by atoms with van der Waals surface area (Å²) in [5.74, 6) is 0.425. The molecule has 0 spiro atoms. The normalized spacial score (nSPS) is 23.2. The number of anilines is 1. The Kier molecular flexibility index (Phi) is 6.23. The predicted octanol–water partition coefficient (Wildman–Crippen LogP) is 4.51. The van der Waals surface area contributed by atoms with Crippen molar-refractivity contribution in [3.05, 3.63) is 24.5 Å². The van der Waals surface area contributed by atoms with Gasteiger partial charge >= 0.3 is 6.01 Å². The van der Waals surface area contributed by atoms with Gasteiger partial charge in [0.1, 0.15) is 18.2 Å². The third kappa shape index (κ3) is 4.36. The molecular weight excluding hydrogens is 431 g/mol. The molecular formula is C22H27FN6O2S. The Balaban J connectivity index is 1.56. The van der Waals surface area contributed by atoms with E-state index in [1.165, 1.54) is 24.8 Å². The van der Waals surface area contributed by atoms with Crippen molar-refractivity contribution >= 4 is 16.5 Å². The zero-order valence-electron chi connectivity index (χ0n) is 18.6. The topological polar surface area (TPSA) is 97.2 Å². The highest BCUT2D eigenvalue weighted by molar-refractivity contribution is 7.18. The molecule has 32 heavy (non-hydrogen) atoms. The minimum Gasteiger partial charge on any atom is -0.507 e. The Morgan fingerprint density at radius 1 is 1.31 bits per heavy atom. The summed E-state index contributed by atoms with van der Waals surface area (Å²) in [6.07, 6.45) is 3.74. The maximum Gasteiger partial charge on any atom is 0.319 e. The van der Waals surface area contributed by atoms with Crippen molar-refractivity contribution in [3.8, 4) is 33.7 Å². The summed E-state index contributed by atoms with van der Waals surface area (Å²) in [4.78, 5) is 14.1. The highest BCUT2D eigenvalue weighted by Crippen LogP contribution is 2.43. The van der Waals surface area contributed by atoms with Crippen LogP contribution in [-0.4, -0.2) is 56.6 Å². The van der Waals surface area contributed by atoms with E-state index in [0.717, 1.165) is 19.3 Å². The van der Waals surface area contributed by atoms with Crippen LogP contribution < -0.4 is 9.64 Å². The number of nitrogens with zero attached hydrogens (tertiary/aromatic N) is 6.